The summed E-state index contributed by atoms with van der Waals surface area (Å²) >= 11 is 0. The third kappa shape index (κ3) is 5.77. The first-order chi connectivity index (χ1) is 22.1. The Morgan fingerprint density at radius 2 is 1.26 bits per heavy atom. The Bertz CT molecular complexity index is 2110. The minimum atomic E-state index is -1.22. The van der Waals surface area contributed by atoms with Crippen LogP contribution in [0.25, 0.3) is 54.3 Å². The van der Waals surface area contributed by atoms with E-state index in [1.165, 1.54) is 19.2 Å². The van der Waals surface area contributed by atoms with Crippen LogP contribution in [0.2, 0.25) is 0 Å². The zero-order valence-electron chi connectivity index (χ0n) is 25.1. The molecule has 6 rings (SSSR count). The fraction of sp³-hybridized carbons (Fsp3) is 0.171. The van der Waals surface area contributed by atoms with E-state index in [-0.39, 0.29) is 0 Å². The molecule has 11 heteroatoms. The molecule has 0 radical (unpaired) electrons. The van der Waals surface area contributed by atoms with E-state index in [4.69, 9.17) is 5.11 Å². The first-order valence-corrected chi connectivity index (χ1v) is 14.8. The molecule has 11 nitrogen and oxygen atoms in total. The maximum absolute atomic E-state index is 13.7. The van der Waals surface area contributed by atoms with Gasteiger partial charge in [0, 0.05) is 16.5 Å². The van der Waals surface area contributed by atoms with Gasteiger partial charge >= 0.3 is 5.97 Å². The van der Waals surface area contributed by atoms with Crippen LogP contribution in [0.1, 0.15) is 24.3 Å². The van der Waals surface area contributed by atoms with Gasteiger partial charge in [-0.15, -0.1) is 0 Å². The van der Waals surface area contributed by atoms with Gasteiger partial charge in [-0.05, 0) is 69.9 Å². The first kappa shape index (κ1) is 30.1. The molecule has 0 spiro atoms. The van der Waals surface area contributed by atoms with E-state index in [1.54, 1.807) is 0 Å². The molecule has 0 aliphatic carbocycles. The minimum absolute atomic E-state index is 0.299. The monoisotopic (exact) mass is 617 g/mol. The molecule has 2 atom stereocenters. The topological polar surface area (TPSA) is 169 Å². The molecule has 5 aromatic carbocycles. The van der Waals surface area contributed by atoms with Crippen LogP contribution >= 0.6 is 0 Å². The van der Waals surface area contributed by atoms with E-state index >= 15 is 0 Å². The predicted octanol–water partition coefficient (Wildman–Crippen LogP) is 3.67. The summed E-state index contributed by atoms with van der Waals surface area (Å²) in [7, 11) is 0. The van der Waals surface area contributed by atoms with E-state index in [9.17, 15) is 24.0 Å². The number of hydrogen-bond donors (Lipinski definition) is 6. The van der Waals surface area contributed by atoms with Crippen LogP contribution in [0.5, 0.6) is 0 Å². The fourth-order valence-electron chi connectivity index (χ4n) is 5.84. The van der Waals surface area contributed by atoms with Crippen molar-refractivity contribution in [1.82, 2.24) is 26.3 Å². The van der Waals surface area contributed by atoms with Crippen molar-refractivity contribution in [2.75, 3.05) is 13.1 Å². The van der Waals surface area contributed by atoms with Crippen LogP contribution in [-0.4, -0.2) is 64.9 Å². The number of aliphatic carboxylic acids is 1. The van der Waals surface area contributed by atoms with Crippen molar-refractivity contribution in [2.45, 2.75) is 25.9 Å². The number of carbonyl (C=O) groups is 5. The molecule has 4 amide bonds. The number of para-hydroxylation sites is 1. The largest absolute Gasteiger partial charge is 0.480 e. The molecular weight excluding hydrogens is 586 g/mol. The summed E-state index contributed by atoms with van der Waals surface area (Å²) in [5, 5.41) is 26.0. The average Bonchev–Trinajstić information content (AvgIpc) is 3.44. The molecule has 0 saturated carbocycles. The molecule has 6 aromatic rings. The second kappa shape index (κ2) is 12.2. The van der Waals surface area contributed by atoms with Crippen LogP contribution in [-0.2, 0) is 19.2 Å². The lowest BCUT2D eigenvalue weighted by atomic mass is 9.90. The van der Waals surface area contributed by atoms with E-state index in [1.807, 2.05) is 30.3 Å². The van der Waals surface area contributed by atoms with Crippen molar-refractivity contribution in [3.05, 3.63) is 84.6 Å². The second-order valence-corrected chi connectivity index (χ2v) is 11.2. The molecule has 6 N–H and O–H groups in total. The zero-order valence-corrected chi connectivity index (χ0v) is 25.1. The molecule has 0 unspecified atom stereocenters. The van der Waals surface area contributed by atoms with Gasteiger partial charge in [-0.2, -0.15) is 0 Å². The van der Waals surface area contributed by atoms with Gasteiger partial charge in [0.25, 0.3) is 5.91 Å². The van der Waals surface area contributed by atoms with Crippen molar-refractivity contribution >= 4 is 72.8 Å². The smallest absolute Gasteiger partial charge is 0.322 e. The van der Waals surface area contributed by atoms with E-state index < -0.39 is 54.8 Å². The summed E-state index contributed by atoms with van der Waals surface area (Å²) < 4.78 is 0. The number of carbonyl (C=O) groups excluding carboxylic acids is 4. The highest BCUT2D eigenvalue weighted by Gasteiger charge is 2.24. The quantitative estimate of drug-likeness (QED) is 0.128. The van der Waals surface area contributed by atoms with Gasteiger partial charge in [0.1, 0.15) is 24.3 Å². The Hall–Kier alpha value is -5.97. The Morgan fingerprint density at radius 3 is 1.91 bits per heavy atom. The molecule has 0 aliphatic heterocycles. The number of nitrogens with one attached hydrogen (secondary N) is 5. The van der Waals surface area contributed by atoms with E-state index in [0.717, 1.165) is 43.4 Å². The van der Waals surface area contributed by atoms with Crippen molar-refractivity contribution < 1.29 is 29.1 Å². The van der Waals surface area contributed by atoms with Gasteiger partial charge in [0.2, 0.25) is 17.7 Å². The van der Waals surface area contributed by atoms with Gasteiger partial charge in [0.05, 0.1) is 6.54 Å². The van der Waals surface area contributed by atoms with Gasteiger partial charge in [-0.3, -0.25) is 24.0 Å². The lowest BCUT2D eigenvalue weighted by Gasteiger charge is -2.16. The first-order valence-electron chi connectivity index (χ1n) is 14.8. The van der Waals surface area contributed by atoms with Crippen LogP contribution in [0.3, 0.4) is 0 Å². The number of fused-ring (bicyclic) bond motifs is 1. The van der Waals surface area contributed by atoms with Crippen molar-refractivity contribution in [1.29, 1.82) is 0 Å². The Morgan fingerprint density at radius 1 is 0.696 bits per heavy atom. The van der Waals surface area contributed by atoms with Crippen molar-refractivity contribution in [3.8, 4) is 11.1 Å². The third-order valence-electron chi connectivity index (χ3n) is 8.03. The Kier molecular flexibility index (Phi) is 7.97. The summed E-state index contributed by atoms with van der Waals surface area (Å²) in [6, 6.07) is 24.4. The normalized spacial score (nSPS) is 12.7. The van der Waals surface area contributed by atoms with Crippen molar-refractivity contribution in [3.63, 3.8) is 0 Å². The van der Waals surface area contributed by atoms with Crippen LogP contribution < -0.4 is 21.3 Å². The molecular formula is C35H31N5O6. The third-order valence-corrected chi connectivity index (χ3v) is 8.03. The molecule has 46 heavy (non-hydrogen) atoms. The number of carboxylic acid groups (broad SMARTS) is 1. The molecule has 0 bridgehead atoms. The van der Waals surface area contributed by atoms with Crippen molar-refractivity contribution in [2.24, 2.45) is 0 Å². The number of amides is 4. The predicted molar refractivity (Wildman–Crippen MR) is 176 cm³/mol. The highest BCUT2D eigenvalue weighted by Crippen LogP contribution is 2.40. The molecule has 0 saturated heterocycles. The highest BCUT2D eigenvalue weighted by atomic mass is 16.4. The van der Waals surface area contributed by atoms with Gasteiger partial charge in [-0.1, -0.05) is 60.7 Å². The second-order valence-electron chi connectivity index (χ2n) is 11.2. The van der Waals surface area contributed by atoms with E-state index in [0.29, 0.717) is 11.3 Å². The highest BCUT2D eigenvalue weighted by molar-refractivity contribution is 6.24. The number of rotatable bonds is 10. The summed E-state index contributed by atoms with van der Waals surface area (Å²) in [6.45, 7) is 1.86. The number of aromatic nitrogens is 1. The number of carboxylic acids is 1. The number of benzene rings is 5. The van der Waals surface area contributed by atoms with Crippen LogP contribution in [0, 0.1) is 0 Å². The lowest BCUT2D eigenvalue weighted by Crippen LogP contribution is -2.51. The maximum atomic E-state index is 13.7. The molecule has 0 fully saturated rings. The summed E-state index contributed by atoms with van der Waals surface area (Å²) in [5.41, 5.74) is 2.63. The number of hydrogen-bond acceptors (Lipinski definition) is 5. The average molecular weight is 618 g/mol. The number of H-pyrrole nitrogens is 1. The minimum Gasteiger partial charge on any atom is -0.480 e. The fourth-order valence-corrected chi connectivity index (χ4v) is 5.84. The molecule has 1 aromatic heterocycles. The Labute approximate surface area is 262 Å². The van der Waals surface area contributed by atoms with Crippen LogP contribution in [0.15, 0.2) is 78.9 Å². The maximum Gasteiger partial charge on any atom is 0.322 e. The summed E-state index contributed by atoms with van der Waals surface area (Å²) in [5.74, 6) is -3.65. The SMILES string of the molecule is C[C@H](NC(=O)CNC(=O)[C@H](C)NC(=O)c1[nH]c2ccccc2c1-c1cc2ccc3cccc4ccc(c1)c2c34)C(=O)NCC(=O)O. The Balaban J connectivity index is 1.21. The molecule has 1 heterocycles. The summed E-state index contributed by atoms with van der Waals surface area (Å²) in [4.78, 5) is 64.5. The van der Waals surface area contributed by atoms with Gasteiger partial charge < -0.3 is 31.4 Å². The zero-order chi connectivity index (χ0) is 32.5. The van der Waals surface area contributed by atoms with Gasteiger partial charge in [0.15, 0.2) is 0 Å². The van der Waals surface area contributed by atoms with Gasteiger partial charge in [-0.25, -0.2) is 0 Å². The molecule has 232 valence electrons. The summed E-state index contributed by atoms with van der Waals surface area (Å²) in [6.07, 6.45) is 0. The van der Waals surface area contributed by atoms with E-state index in [2.05, 4.69) is 74.8 Å². The number of aromatic amines is 1. The van der Waals surface area contributed by atoms with Crippen LogP contribution in [0.4, 0.5) is 0 Å². The molecule has 0 aliphatic rings. The lowest BCUT2D eigenvalue weighted by molar-refractivity contribution is -0.138. The standard InChI is InChI=1S/C35H31N5O6/c1-18(33(44)37-17-28(42)43)38-27(41)16-36-34(45)19(2)39-35(46)32-31(25-8-3-4-9-26(25)40-32)24-14-22-12-10-20-6-5-7-21-11-13-23(15-24)30(22)29(20)21/h3-15,18-19,40H,16-17H2,1-2H3,(H,36,45)(H,37,44)(H,38,41)(H,39,46)(H,42,43)/t18-,19-/m0/s1.